The summed E-state index contributed by atoms with van der Waals surface area (Å²) in [7, 11) is 0. The van der Waals surface area contributed by atoms with Crippen molar-refractivity contribution in [3.8, 4) is 0 Å². The van der Waals surface area contributed by atoms with Crippen LogP contribution in [0.4, 0.5) is 0 Å². The maximum absolute atomic E-state index is 8.25. The van der Waals surface area contributed by atoms with Gasteiger partial charge < -0.3 is 39.5 Å². The van der Waals surface area contributed by atoms with Crippen LogP contribution in [-0.2, 0) is 29.1 Å². The first-order chi connectivity index (χ1) is 4.00. The molecule has 10 heavy (non-hydrogen) atoms. The first-order valence-corrected chi connectivity index (χ1v) is 1.93. The second-order valence-corrected chi connectivity index (χ2v) is 1.11. The molecule has 0 aliphatic heterocycles. The van der Waals surface area contributed by atoms with Crippen molar-refractivity contribution in [1.29, 1.82) is 0 Å². The predicted molar refractivity (Wildman–Crippen MR) is 33.5 cm³/mol. The van der Waals surface area contributed by atoms with Crippen LogP contribution in [0.5, 0.6) is 0 Å². The van der Waals surface area contributed by atoms with E-state index >= 15 is 0 Å². The Kier molecular flexibility index (Phi) is 17.8. The van der Waals surface area contributed by atoms with Crippen molar-refractivity contribution >= 4 is 17.8 Å². The largest absolute Gasteiger partial charge is 2.00 e. The van der Waals surface area contributed by atoms with Crippen molar-refractivity contribution in [2.45, 2.75) is 0 Å². The van der Waals surface area contributed by atoms with Gasteiger partial charge in [-0.1, -0.05) is 0 Å². The van der Waals surface area contributed by atoms with E-state index in [2.05, 4.69) is 23.6 Å². The zero-order valence-electron chi connectivity index (χ0n) is 4.50. The van der Waals surface area contributed by atoms with Crippen LogP contribution in [0, 0.1) is 15.3 Å². The van der Waals surface area contributed by atoms with E-state index in [-0.39, 0.29) is 21.7 Å². The molecule has 0 saturated heterocycles. The number of hydrogen-bond acceptors (Lipinski definition) is 6. The van der Waals surface area contributed by atoms with Gasteiger partial charge in [-0.2, -0.15) is 5.10 Å². The minimum absolute atomic E-state index is 0. The molecule has 0 rings (SSSR count). The Morgan fingerprint density at radius 2 is 1.70 bits per heavy atom. The monoisotopic (exact) mass is 210 g/mol. The molecule has 0 unspecified atom stereocenters. The summed E-state index contributed by atoms with van der Waals surface area (Å²) in [4.78, 5) is 8.25. The molecule has 4 N–H and O–H groups in total. The minimum atomic E-state index is -1.75. The Bertz CT molecular complexity index is 109. The molecular weight excluding hydrogens is 207 g/mol. The predicted octanol–water partition coefficient (Wildman–Crippen LogP) is -1.52. The Hall–Kier alpha value is -0.816. The first-order valence-electron chi connectivity index (χ1n) is 1.52. The molecule has 0 amide bonds. The zero-order valence-corrected chi connectivity index (χ0v) is 6.30. The van der Waals surface area contributed by atoms with Crippen molar-refractivity contribution < 1.29 is 21.6 Å². The van der Waals surface area contributed by atoms with Crippen LogP contribution >= 0.6 is 0 Å². The fourth-order valence-corrected chi connectivity index (χ4v) is 0. The van der Waals surface area contributed by atoms with Gasteiger partial charge >= 0.3 is 16.5 Å². The smallest absolute Gasteiger partial charge is 0.741 e. The number of hydrogen-bond donors (Lipinski definition) is 2. The molecule has 0 aromatic carbocycles. The second-order valence-electron chi connectivity index (χ2n) is 0.691. The standard InChI is InChI=1S/CH5N3S.NO3.Ni/c2-1(5)4-3;2-1(3)4;/h3H2,(H3,2,4,5);;/q;-1;+2/p-1. The van der Waals surface area contributed by atoms with E-state index < -0.39 is 5.09 Å². The summed E-state index contributed by atoms with van der Waals surface area (Å²) in [5.41, 5.74) is 4.73. The molecule has 0 aromatic heterocycles. The van der Waals surface area contributed by atoms with Crippen molar-refractivity contribution in [2.75, 3.05) is 0 Å². The summed E-state index contributed by atoms with van der Waals surface area (Å²) in [5.74, 6) is 4.53. The summed E-state index contributed by atoms with van der Waals surface area (Å²) in [5, 5.41) is 17.6. The summed E-state index contributed by atoms with van der Waals surface area (Å²) < 4.78 is 0. The van der Waals surface area contributed by atoms with E-state index in [4.69, 9.17) is 21.1 Å². The quantitative estimate of drug-likeness (QED) is 0.0950. The van der Waals surface area contributed by atoms with Crippen LogP contribution in [0.1, 0.15) is 0 Å². The first kappa shape index (κ1) is 16.1. The molecule has 0 aliphatic carbocycles. The Morgan fingerprint density at radius 1 is 1.60 bits per heavy atom. The van der Waals surface area contributed by atoms with Gasteiger partial charge in [0.15, 0.2) is 0 Å². The molecule has 0 radical (unpaired) electrons. The SMILES string of the molecule is N/N=C(/N)[S-].O=[N+]([O-])[O-].[Ni+2]. The fraction of sp³-hybridized carbons (Fsp3) is 0. The Balaban J connectivity index is -0.0000000910. The molecule has 0 atom stereocenters. The number of hydrazone groups is 1. The molecule has 62 valence electrons. The zero-order chi connectivity index (χ0) is 7.86. The van der Waals surface area contributed by atoms with Crippen LogP contribution < -0.4 is 11.6 Å². The van der Waals surface area contributed by atoms with Crippen LogP contribution in [0.25, 0.3) is 0 Å². The average Bonchev–Trinajstić information content (AvgIpc) is 1.65. The molecule has 9 heteroatoms. The van der Waals surface area contributed by atoms with Crippen molar-refractivity contribution in [2.24, 2.45) is 16.7 Å². The molecule has 0 aliphatic rings. The maximum atomic E-state index is 8.25. The van der Waals surface area contributed by atoms with Crippen molar-refractivity contribution in [3.63, 3.8) is 0 Å². The number of rotatable bonds is 0. The number of amidine groups is 1. The van der Waals surface area contributed by atoms with E-state index in [0.717, 1.165) is 0 Å². The number of nitrogens with two attached hydrogens (primary N) is 2. The molecule has 0 fully saturated rings. The van der Waals surface area contributed by atoms with Crippen LogP contribution in [0.2, 0.25) is 0 Å². The Labute approximate surface area is 71.9 Å². The molecule has 0 heterocycles. The van der Waals surface area contributed by atoms with Gasteiger partial charge in [0.05, 0.1) is 5.09 Å². The Morgan fingerprint density at radius 3 is 1.70 bits per heavy atom. The van der Waals surface area contributed by atoms with E-state index in [1.54, 1.807) is 0 Å². The third-order valence-corrected chi connectivity index (χ3v) is 0.233. The molecule has 0 bridgehead atoms. The summed E-state index contributed by atoms with van der Waals surface area (Å²) in [6.07, 6.45) is 0. The van der Waals surface area contributed by atoms with Crippen LogP contribution in [0.15, 0.2) is 5.10 Å². The van der Waals surface area contributed by atoms with E-state index in [1.807, 2.05) is 0 Å². The van der Waals surface area contributed by atoms with Crippen LogP contribution in [-0.4, -0.2) is 10.3 Å². The van der Waals surface area contributed by atoms with Crippen molar-refractivity contribution in [3.05, 3.63) is 15.3 Å². The van der Waals surface area contributed by atoms with Gasteiger partial charge in [0, 0.05) is 0 Å². The molecule has 0 saturated carbocycles. The van der Waals surface area contributed by atoms with Gasteiger partial charge in [-0.3, -0.25) is 0 Å². The molecule has 0 aromatic rings. The molecule has 7 nitrogen and oxygen atoms in total. The third-order valence-electron chi connectivity index (χ3n) is 0.127. The van der Waals surface area contributed by atoms with Gasteiger partial charge in [0.25, 0.3) is 0 Å². The molecular formula is CH4N4NiO3S. The van der Waals surface area contributed by atoms with Gasteiger partial charge in [-0.05, 0) is 5.17 Å². The molecule has 0 spiro atoms. The summed E-state index contributed by atoms with van der Waals surface area (Å²) in [6, 6.07) is 0. The van der Waals surface area contributed by atoms with Crippen molar-refractivity contribution in [1.82, 2.24) is 0 Å². The number of nitrogens with zero attached hydrogens (tertiary/aromatic N) is 2. The second kappa shape index (κ2) is 11.0. The van der Waals surface area contributed by atoms with E-state index in [1.165, 1.54) is 0 Å². The van der Waals surface area contributed by atoms with Gasteiger partial charge in [0.2, 0.25) is 0 Å². The van der Waals surface area contributed by atoms with Gasteiger partial charge in [0.1, 0.15) is 0 Å². The summed E-state index contributed by atoms with van der Waals surface area (Å²) in [6.45, 7) is 0. The van der Waals surface area contributed by atoms with Gasteiger partial charge in [-0.15, -0.1) is 0 Å². The minimum Gasteiger partial charge on any atom is -0.741 e. The van der Waals surface area contributed by atoms with E-state index in [0.29, 0.717) is 0 Å². The third kappa shape index (κ3) is 196. The fourth-order valence-electron chi connectivity index (χ4n) is 0. The van der Waals surface area contributed by atoms with E-state index in [9.17, 15) is 0 Å². The summed E-state index contributed by atoms with van der Waals surface area (Å²) >= 11 is 4.18. The average molecular weight is 211 g/mol. The van der Waals surface area contributed by atoms with Crippen LogP contribution in [0.3, 0.4) is 0 Å². The van der Waals surface area contributed by atoms with Gasteiger partial charge in [-0.25, -0.2) is 0 Å². The maximum Gasteiger partial charge on any atom is 2.00 e. The topological polar surface area (TPSA) is 131 Å². The normalized spacial score (nSPS) is 8.20.